The summed E-state index contributed by atoms with van der Waals surface area (Å²) in [4.78, 5) is 8.77. The fraction of sp³-hybridized carbons (Fsp3) is 0.375. The van der Waals surface area contributed by atoms with E-state index in [0.29, 0.717) is 24.7 Å². The number of hydrogen-bond acceptors (Lipinski definition) is 6. The molecule has 9 heteroatoms. The summed E-state index contributed by atoms with van der Waals surface area (Å²) < 4.78 is 20.3. The average Bonchev–Trinajstić information content (AvgIpc) is 3.27. The van der Waals surface area contributed by atoms with Crippen LogP contribution in [0.2, 0.25) is 0 Å². The Morgan fingerprint density at radius 1 is 1.32 bits per heavy atom. The first kappa shape index (κ1) is 17.5. The summed E-state index contributed by atoms with van der Waals surface area (Å²) in [6.45, 7) is 4.24. The lowest BCUT2D eigenvalue weighted by Gasteiger charge is -2.03. The maximum atomic E-state index is 13.3. The molecule has 25 heavy (non-hydrogen) atoms. The highest BCUT2D eigenvalue weighted by Gasteiger charge is 2.29. The monoisotopic (exact) mass is 364 g/mol. The van der Waals surface area contributed by atoms with E-state index in [1.807, 2.05) is 32.0 Å². The molecule has 0 bridgehead atoms. The van der Waals surface area contributed by atoms with Gasteiger partial charge in [-0.3, -0.25) is 0 Å². The van der Waals surface area contributed by atoms with Gasteiger partial charge < -0.3 is 9.84 Å². The molecule has 7 nitrogen and oxygen atoms in total. The second-order valence-electron chi connectivity index (χ2n) is 5.99. The molecule has 0 unspecified atom stereocenters. The summed E-state index contributed by atoms with van der Waals surface area (Å²) >= 11 is 0. The zero-order valence-electron chi connectivity index (χ0n) is 13.8. The minimum absolute atomic E-state index is 0. The zero-order valence-corrected chi connectivity index (χ0v) is 14.6. The molecule has 1 aliphatic heterocycles. The number of halogens is 2. The molecule has 1 N–H and O–H groups in total. The number of hydrogen-bond donors (Lipinski definition) is 1. The quantitative estimate of drug-likeness (QED) is 0.769. The number of pyridine rings is 1. The fourth-order valence-electron chi connectivity index (χ4n) is 2.88. The Morgan fingerprint density at radius 2 is 2.16 bits per heavy atom. The van der Waals surface area contributed by atoms with Crippen molar-refractivity contribution in [2.45, 2.75) is 32.5 Å². The van der Waals surface area contributed by atoms with Gasteiger partial charge in [-0.1, -0.05) is 5.16 Å². The van der Waals surface area contributed by atoms with Crippen LogP contribution in [0.3, 0.4) is 0 Å². The van der Waals surface area contributed by atoms with Crippen LogP contribution in [0.1, 0.15) is 29.7 Å². The van der Waals surface area contributed by atoms with Crippen molar-refractivity contribution in [3.8, 4) is 17.2 Å². The van der Waals surface area contributed by atoms with Gasteiger partial charge in [-0.2, -0.15) is 10.1 Å². The summed E-state index contributed by atoms with van der Waals surface area (Å²) in [6, 6.07) is 5.50. The van der Waals surface area contributed by atoms with Crippen LogP contribution in [0.5, 0.6) is 0 Å². The van der Waals surface area contributed by atoms with Gasteiger partial charge >= 0.3 is 0 Å². The number of alkyl halides is 1. The van der Waals surface area contributed by atoms with Crippen LogP contribution in [0, 0.1) is 13.8 Å². The minimum atomic E-state index is -0.868. The molecule has 3 aromatic rings. The summed E-state index contributed by atoms with van der Waals surface area (Å²) in [5.41, 5.74) is 2.70. The van der Waals surface area contributed by atoms with Crippen molar-refractivity contribution >= 4 is 12.4 Å². The Balaban J connectivity index is 0.00000182. The molecule has 4 heterocycles. The smallest absolute Gasteiger partial charge is 0.244 e. The van der Waals surface area contributed by atoms with E-state index >= 15 is 0 Å². The Kier molecular flexibility index (Phi) is 4.82. The van der Waals surface area contributed by atoms with Crippen LogP contribution in [-0.4, -0.2) is 37.6 Å². The molecule has 0 spiro atoms. The Labute approximate surface area is 150 Å². The first-order valence-electron chi connectivity index (χ1n) is 7.81. The lowest BCUT2D eigenvalue weighted by Crippen LogP contribution is -2.14. The van der Waals surface area contributed by atoms with Gasteiger partial charge in [-0.15, -0.1) is 12.4 Å². The predicted octanol–water partition coefficient (Wildman–Crippen LogP) is 2.73. The minimum Gasteiger partial charge on any atom is -0.337 e. The molecule has 0 amide bonds. The third kappa shape index (κ3) is 3.40. The lowest BCUT2D eigenvalue weighted by atomic mass is 10.2. The second-order valence-corrected chi connectivity index (χ2v) is 5.99. The van der Waals surface area contributed by atoms with Gasteiger partial charge in [0.25, 0.3) is 0 Å². The van der Waals surface area contributed by atoms with E-state index in [1.54, 1.807) is 10.9 Å². The molecule has 1 saturated heterocycles. The molecule has 0 saturated carbocycles. The summed E-state index contributed by atoms with van der Waals surface area (Å²) in [5.74, 6) is 1.58. The number of nitrogens with one attached hydrogen (secondary N) is 1. The first-order chi connectivity index (χ1) is 11.6. The zero-order chi connectivity index (χ0) is 16.7. The van der Waals surface area contributed by atoms with Crippen LogP contribution < -0.4 is 5.32 Å². The Morgan fingerprint density at radius 3 is 2.76 bits per heavy atom. The van der Waals surface area contributed by atoms with Crippen molar-refractivity contribution in [3.63, 3.8) is 0 Å². The highest BCUT2D eigenvalue weighted by Crippen LogP contribution is 2.26. The number of aryl methyl sites for hydroxylation is 2. The van der Waals surface area contributed by atoms with Crippen LogP contribution >= 0.6 is 12.4 Å². The fourth-order valence-corrected chi connectivity index (χ4v) is 2.88. The van der Waals surface area contributed by atoms with Gasteiger partial charge in [0.1, 0.15) is 6.17 Å². The van der Waals surface area contributed by atoms with Crippen molar-refractivity contribution in [2.75, 3.05) is 6.54 Å². The lowest BCUT2D eigenvalue weighted by molar-refractivity contribution is 0.324. The van der Waals surface area contributed by atoms with Gasteiger partial charge in [0.05, 0.1) is 11.7 Å². The van der Waals surface area contributed by atoms with Crippen molar-refractivity contribution in [2.24, 2.45) is 0 Å². The van der Waals surface area contributed by atoms with E-state index < -0.39 is 6.17 Å². The van der Waals surface area contributed by atoms with Gasteiger partial charge in [0.2, 0.25) is 11.7 Å². The van der Waals surface area contributed by atoms with Crippen molar-refractivity contribution in [1.29, 1.82) is 0 Å². The van der Waals surface area contributed by atoms with E-state index in [2.05, 4.69) is 25.5 Å². The van der Waals surface area contributed by atoms with Gasteiger partial charge in [0, 0.05) is 30.4 Å². The van der Waals surface area contributed by atoms with E-state index in [9.17, 15) is 4.39 Å². The SMILES string of the molecule is Cc1cc(C)n(-c2ccc(-c3noc([C@H]4C[C@H](F)CN4)n3)cn2)n1.Cl. The van der Waals surface area contributed by atoms with Crippen LogP contribution in [0.25, 0.3) is 17.2 Å². The van der Waals surface area contributed by atoms with E-state index in [0.717, 1.165) is 22.8 Å². The molecule has 2 atom stereocenters. The standard InChI is InChI=1S/C16H17FN6O.ClH/c1-9-5-10(2)23(21-9)14-4-3-11(7-19-14)15-20-16(24-22-15)13-6-12(17)8-18-13;/h3-5,7,12-13,18H,6,8H2,1-2H3;1H/t12-,13+;/m0./s1. The maximum absolute atomic E-state index is 13.3. The van der Waals surface area contributed by atoms with Crippen molar-refractivity contribution in [1.82, 2.24) is 30.2 Å². The third-order valence-corrected chi connectivity index (χ3v) is 4.05. The molecule has 4 rings (SSSR count). The van der Waals surface area contributed by atoms with Gasteiger partial charge in [-0.05, 0) is 32.0 Å². The summed E-state index contributed by atoms with van der Waals surface area (Å²) in [6.07, 6.45) is 1.17. The van der Waals surface area contributed by atoms with E-state index in [-0.39, 0.29) is 18.4 Å². The van der Waals surface area contributed by atoms with E-state index in [1.165, 1.54) is 0 Å². The molecule has 132 valence electrons. The summed E-state index contributed by atoms with van der Waals surface area (Å²) in [5, 5.41) is 11.4. The average molecular weight is 365 g/mol. The summed E-state index contributed by atoms with van der Waals surface area (Å²) in [7, 11) is 0. The molecule has 0 radical (unpaired) electrons. The number of nitrogens with zero attached hydrogens (tertiary/aromatic N) is 5. The van der Waals surface area contributed by atoms with Crippen LogP contribution in [0.4, 0.5) is 4.39 Å². The first-order valence-corrected chi connectivity index (χ1v) is 7.81. The largest absolute Gasteiger partial charge is 0.337 e. The number of rotatable bonds is 3. The normalized spacial score (nSPS) is 19.8. The van der Waals surface area contributed by atoms with Crippen LogP contribution in [0.15, 0.2) is 28.9 Å². The molecule has 1 fully saturated rings. The highest BCUT2D eigenvalue weighted by atomic mass is 35.5. The Hall–Kier alpha value is -2.32. The molecule has 0 aliphatic carbocycles. The highest BCUT2D eigenvalue weighted by molar-refractivity contribution is 5.85. The second kappa shape index (κ2) is 6.89. The molecular formula is C16H18ClFN6O. The number of aromatic nitrogens is 5. The van der Waals surface area contributed by atoms with E-state index in [4.69, 9.17) is 4.52 Å². The Bertz CT molecular complexity index is 862. The topological polar surface area (TPSA) is 81.7 Å². The molecule has 1 aliphatic rings. The van der Waals surface area contributed by atoms with Crippen molar-refractivity contribution < 1.29 is 8.91 Å². The molecule has 0 aromatic carbocycles. The maximum Gasteiger partial charge on any atom is 0.244 e. The molecule has 3 aromatic heterocycles. The van der Waals surface area contributed by atoms with Crippen LogP contribution in [-0.2, 0) is 0 Å². The molecular weight excluding hydrogens is 347 g/mol. The predicted molar refractivity (Wildman–Crippen MR) is 91.6 cm³/mol. The third-order valence-electron chi connectivity index (χ3n) is 4.05. The van der Waals surface area contributed by atoms with Gasteiger partial charge in [0.15, 0.2) is 5.82 Å². The van der Waals surface area contributed by atoms with Gasteiger partial charge in [-0.25, -0.2) is 14.1 Å². The van der Waals surface area contributed by atoms with Crippen molar-refractivity contribution in [3.05, 3.63) is 41.7 Å².